The van der Waals surface area contributed by atoms with Gasteiger partial charge in [-0.3, -0.25) is 4.68 Å². The first-order valence-electron chi connectivity index (χ1n) is 6.43. The number of hydrogen-bond acceptors (Lipinski definition) is 2. The third-order valence-electron chi connectivity index (χ3n) is 3.53. The second-order valence-electron chi connectivity index (χ2n) is 5.01. The normalized spacial score (nSPS) is 13.0. The minimum absolute atomic E-state index is 0.0630. The molecule has 1 unspecified atom stereocenters. The van der Waals surface area contributed by atoms with Gasteiger partial charge >= 0.3 is 0 Å². The van der Waals surface area contributed by atoms with Gasteiger partial charge < -0.3 is 10.3 Å². The molecule has 4 nitrogen and oxygen atoms in total. The third-order valence-corrected chi connectivity index (χ3v) is 3.53. The molecule has 4 heteroatoms. The maximum absolute atomic E-state index is 6.26. The predicted molar refractivity (Wildman–Crippen MR) is 76.8 cm³/mol. The van der Waals surface area contributed by atoms with E-state index in [0.717, 1.165) is 12.1 Å². The van der Waals surface area contributed by atoms with Crippen molar-refractivity contribution in [3.8, 4) is 0 Å². The van der Waals surface area contributed by atoms with Crippen LogP contribution in [0.1, 0.15) is 17.3 Å². The number of nitrogens with zero attached hydrogens (tertiary/aromatic N) is 3. The first kappa shape index (κ1) is 12.0. The minimum Gasteiger partial charge on any atom is -0.350 e. The number of nitrogens with two attached hydrogens (primary N) is 1. The fourth-order valence-electron chi connectivity index (χ4n) is 2.56. The summed E-state index contributed by atoms with van der Waals surface area (Å²) in [7, 11) is 3.98. The molecule has 0 radical (unpaired) electrons. The summed E-state index contributed by atoms with van der Waals surface area (Å²) in [6.07, 6.45) is 4.89. The Hall–Kier alpha value is -2.07. The van der Waals surface area contributed by atoms with E-state index < -0.39 is 0 Å². The van der Waals surface area contributed by atoms with Crippen molar-refractivity contribution < 1.29 is 0 Å². The topological polar surface area (TPSA) is 48.8 Å². The van der Waals surface area contributed by atoms with Crippen molar-refractivity contribution in [2.45, 2.75) is 12.5 Å². The Morgan fingerprint density at radius 1 is 1.21 bits per heavy atom. The Kier molecular flexibility index (Phi) is 2.87. The summed E-state index contributed by atoms with van der Waals surface area (Å²) in [6, 6.07) is 10.3. The average Bonchev–Trinajstić information content (AvgIpc) is 2.96. The molecular formula is C15H18N4. The lowest BCUT2D eigenvalue weighted by Crippen LogP contribution is -2.14. The number of rotatable bonds is 3. The maximum atomic E-state index is 6.26. The van der Waals surface area contributed by atoms with E-state index in [1.807, 2.05) is 19.3 Å². The monoisotopic (exact) mass is 254 g/mol. The summed E-state index contributed by atoms with van der Waals surface area (Å²) < 4.78 is 3.94. The fourth-order valence-corrected chi connectivity index (χ4v) is 2.56. The van der Waals surface area contributed by atoms with Gasteiger partial charge in [-0.2, -0.15) is 5.10 Å². The van der Waals surface area contributed by atoms with Crippen molar-refractivity contribution >= 4 is 10.9 Å². The summed E-state index contributed by atoms with van der Waals surface area (Å²) in [6.45, 7) is 0. The summed E-state index contributed by atoms with van der Waals surface area (Å²) >= 11 is 0. The van der Waals surface area contributed by atoms with Crippen LogP contribution < -0.4 is 5.73 Å². The van der Waals surface area contributed by atoms with Gasteiger partial charge in [0, 0.05) is 37.4 Å². The van der Waals surface area contributed by atoms with Gasteiger partial charge in [-0.25, -0.2) is 0 Å². The van der Waals surface area contributed by atoms with Crippen molar-refractivity contribution in [2.75, 3.05) is 0 Å². The van der Waals surface area contributed by atoms with E-state index in [1.54, 1.807) is 4.68 Å². The molecule has 3 aromatic rings. The predicted octanol–water partition coefficient (Wildman–Crippen LogP) is 2.15. The molecule has 3 rings (SSSR count). The smallest absolute Gasteiger partial charge is 0.0795 e. The standard InChI is InChI=1S/C15H18N4/c1-18-10-11(12-5-3-4-6-15(12)18)9-13(16)14-7-8-19(2)17-14/h3-8,10,13H,9,16H2,1-2H3. The number of aryl methyl sites for hydroxylation is 2. The second kappa shape index (κ2) is 4.55. The van der Waals surface area contributed by atoms with Crippen molar-refractivity contribution in [1.29, 1.82) is 0 Å². The van der Waals surface area contributed by atoms with Crippen LogP contribution in [0.3, 0.4) is 0 Å². The lowest BCUT2D eigenvalue weighted by molar-refractivity contribution is 0.658. The van der Waals surface area contributed by atoms with Crippen molar-refractivity contribution in [2.24, 2.45) is 19.8 Å². The second-order valence-corrected chi connectivity index (χ2v) is 5.01. The molecule has 0 amide bonds. The van der Waals surface area contributed by atoms with E-state index in [-0.39, 0.29) is 6.04 Å². The molecule has 1 aromatic carbocycles. The van der Waals surface area contributed by atoms with Gasteiger partial charge in [-0.05, 0) is 24.1 Å². The Morgan fingerprint density at radius 3 is 2.74 bits per heavy atom. The van der Waals surface area contributed by atoms with Gasteiger partial charge in [0.05, 0.1) is 11.7 Å². The quantitative estimate of drug-likeness (QED) is 0.778. The molecule has 0 saturated carbocycles. The van der Waals surface area contributed by atoms with E-state index in [2.05, 4.69) is 47.2 Å². The maximum Gasteiger partial charge on any atom is 0.0795 e. The highest BCUT2D eigenvalue weighted by Crippen LogP contribution is 2.24. The number of fused-ring (bicyclic) bond motifs is 1. The van der Waals surface area contributed by atoms with E-state index in [4.69, 9.17) is 5.73 Å². The molecule has 1 atom stereocenters. The highest BCUT2D eigenvalue weighted by Gasteiger charge is 2.13. The summed E-state index contributed by atoms with van der Waals surface area (Å²) in [5, 5.41) is 5.65. The van der Waals surface area contributed by atoms with E-state index >= 15 is 0 Å². The lowest BCUT2D eigenvalue weighted by Gasteiger charge is -2.07. The van der Waals surface area contributed by atoms with Crippen LogP contribution in [0.4, 0.5) is 0 Å². The first-order chi connectivity index (χ1) is 9.15. The largest absolute Gasteiger partial charge is 0.350 e. The van der Waals surface area contributed by atoms with Crippen molar-refractivity contribution in [3.05, 3.63) is 54.0 Å². The Balaban J connectivity index is 1.93. The van der Waals surface area contributed by atoms with Crippen LogP contribution >= 0.6 is 0 Å². The van der Waals surface area contributed by atoms with Gasteiger partial charge in [0.15, 0.2) is 0 Å². The molecule has 0 aliphatic carbocycles. The van der Waals surface area contributed by atoms with Crippen molar-refractivity contribution in [3.63, 3.8) is 0 Å². The van der Waals surface area contributed by atoms with Crippen molar-refractivity contribution in [1.82, 2.24) is 14.3 Å². The molecular weight excluding hydrogens is 236 g/mol. The fraction of sp³-hybridized carbons (Fsp3) is 0.267. The number of benzene rings is 1. The molecule has 0 fully saturated rings. The summed E-state index contributed by atoms with van der Waals surface area (Å²) in [4.78, 5) is 0. The summed E-state index contributed by atoms with van der Waals surface area (Å²) in [5.74, 6) is 0. The molecule has 98 valence electrons. The average molecular weight is 254 g/mol. The molecule has 2 aromatic heterocycles. The van der Waals surface area contributed by atoms with Gasteiger partial charge in [-0.15, -0.1) is 0 Å². The Bertz CT molecular complexity index is 708. The van der Waals surface area contributed by atoms with Gasteiger partial charge in [0.1, 0.15) is 0 Å². The molecule has 0 aliphatic heterocycles. The van der Waals surface area contributed by atoms with Gasteiger partial charge in [-0.1, -0.05) is 18.2 Å². The van der Waals surface area contributed by atoms with Crippen LogP contribution in [0.25, 0.3) is 10.9 Å². The number of para-hydroxylation sites is 1. The van der Waals surface area contributed by atoms with Crippen LogP contribution in [0.2, 0.25) is 0 Å². The molecule has 0 bridgehead atoms. The zero-order valence-electron chi connectivity index (χ0n) is 11.2. The van der Waals surface area contributed by atoms with Crippen LogP contribution in [-0.4, -0.2) is 14.3 Å². The van der Waals surface area contributed by atoms with E-state index in [0.29, 0.717) is 0 Å². The van der Waals surface area contributed by atoms with Crippen LogP contribution in [-0.2, 0) is 20.5 Å². The molecule has 0 spiro atoms. The molecule has 19 heavy (non-hydrogen) atoms. The van der Waals surface area contributed by atoms with E-state index in [1.165, 1.54) is 16.5 Å². The van der Waals surface area contributed by atoms with E-state index in [9.17, 15) is 0 Å². The third kappa shape index (κ3) is 2.15. The highest BCUT2D eigenvalue weighted by molar-refractivity contribution is 5.83. The number of hydrogen-bond donors (Lipinski definition) is 1. The van der Waals surface area contributed by atoms with Crippen LogP contribution in [0, 0.1) is 0 Å². The zero-order chi connectivity index (χ0) is 13.4. The Labute approximate surface area is 112 Å². The SMILES string of the molecule is Cn1ccc(C(N)Cc2cn(C)c3ccccc23)n1. The molecule has 2 N–H and O–H groups in total. The minimum atomic E-state index is -0.0630. The zero-order valence-corrected chi connectivity index (χ0v) is 11.2. The van der Waals surface area contributed by atoms with Gasteiger partial charge in [0.25, 0.3) is 0 Å². The molecule has 2 heterocycles. The van der Waals surface area contributed by atoms with Gasteiger partial charge in [0.2, 0.25) is 0 Å². The highest BCUT2D eigenvalue weighted by atomic mass is 15.3. The lowest BCUT2D eigenvalue weighted by atomic mass is 10.0. The Morgan fingerprint density at radius 2 is 2.00 bits per heavy atom. The van der Waals surface area contributed by atoms with Crippen LogP contribution in [0.15, 0.2) is 42.7 Å². The summed E-state index contributed by atoms with van der Waals surface area (Å²) in [5.41, 5.74) is 9.71. The molecule has 0 aliphatic rings. The van der Waals surface area contributed by atoms with Crippen LogP contribution in [0.5, 0.6) is 0 Å². The number of aromatic nitrogens is 3. The first-order valence-corrected chi connectivity index (χ1v) is 6.43. The molecule has 0 saturated heterocycles.